The van der Waals surface area contributed by atoms with Gasteiger partial charge in [-0.1, -0.05) is 54.1 Å². The number of nitrogens with zero attached hydrogens (tertiary/aromatic N) is 2. The summed E-state index contributed by atoms with van der Waals surface area (Å²) in [5.74, 6) is 0.153. The summed E-state index contributed by atoms with van der Waals surface area (Å²) in [6.45, 7) is 6.16. The Morgan fingerprint density at radius 2 is 1.77 bits per heavy atom. The first-order valence-electron chi connectivity index (χ1n) is 14.3. The van der Waals surface area contributed by atoms with Crippen LogP contribution in [0.25, 0.3) is 0 Å². The first kappa shape index (κ1) is 31.8. The Labute approximate surface area is 257 Å². The Morgan fingerprint density at radius 3 is 2.44 bits per heavy atom. The third-order valence-corrected chi connectivity index (χ3v) is 7.14. The number of aliphatic hydroxyl groups excluding tert-OH is 1. The van der Waals surface area contributed by atoms with Crippen LogP contribution in [-0.4, -0.2) is 64.3 Å². The van der Waals surface area contributed by atoms with E-state index in [1.165, 1.54) is 9.80 Å². The molecule has 0 aromatic heterocycles. The summed E-state index contributed by atoms with van der Waals surface area (Å²) in [6.07, 6.45) is -0.254. The van der Waals surface area contributed by atoms with E-state index in [1.807, 2.05) is 18.2 Å². The zero-order chi connectivity index (χ0) is 31.0. The highest BCUT2D eigenvalue weighted by atomic mass is 35.5. The zero-order valence-electron chi connectivity index (χ0n) is 24.7. The summed E-state index contributed by atoms with van der Waals surface area (Å²) in [6, 6.07) is 22.4. The van der Waals surface area contributed by atoms with E-state index >= 15 is 0 Å². The average Bonchev–Trinajstić information content (AvgIpc) is 3.46. The molecule has 2 atom stereocenters. The molecule has 0 radical (unpaired) electrons. The van der Waals surface area contributed by atoms with Gasteiger partial charge in [-0.25, -0.2) is 9.59 Å². The highest BCUT2D eigenvalue weighted by Gasteiger charge is 2.35. The molecule has 1 aliphatic heterocycles. The fourth-order valence-corrected chi connectivity index (χ4v) is 4.96. The molecule has 0 bridgehead atoms. The smallest absolute Gasteiger partial charge is 0.415 e. The van der Waals surface area contributed by atoms with Gasteiger partial charge < -0.3 is 24.8 Å². The van der Waals surface area contributed by atoms with Crippen LogP contribution in [0.1, 0.15) is 50.8 Å². The van der Waals surface area contributed by atoms with Crippen molar-refractivity contribution in [1.29, 1.82) is 0 Å². The number of para-hydroxylation sites is 1. The Bertz CT molecular complexity index is 1390. The Morgan fingerprint density at radius 1 is 1.05 bits per heavy atom. The number of benzene rings is 3. The lowest BCUT2D eigenvalue weighted by Crippen LogP contribution is -2.44. The van der Waals surface area contributed by atoms with Crippen LogP contribution in [0.3, 0.4) is 0 Å². The Hall–Kier alpha value is -4.08. The average molecular weight is 608 g/mol. The van der Waals surface area contributed by atoms with Gasteiger partial charge in [-0.3, -0.25) is 9.69 Å². The molecule has 2 N–H and O–H groups in total. The quantitative estimate of drug-likeness (QED) is 0.289. The number of nitrogens with one attached hydrogen (secondary N) is 1. The van der Waals surface area contributed by atoms with Gasteiger partial charge in [0.05, 0.1) is 12.6 Å². The monoisotopic (exact) mass is 607 g/mol. The molecule has 3 amide bonds. The van der Waals surface area contributed by atoms with Crippen molar-refractivity contribution in [3.05, 3.63) is 95.0 Å². The zero-order valence-corrected chi connectivity index (χ0v) is 25.4. The lowest BCUT2D eigenvalue weighted by atomic mass is 10.1. The molecule has 4 rings (SSSR count). The molecule has 0 saturated carbocycles. The van der Waals surface area contributed by atoms with Crippen molar-refractivity contribution in [1.82, 2.24) is 9.80 Å². The van der Waals surface area contributed by atoms with Crippen molar-refractivity contribution in [2.24, 2.45) is 0 Å². The maximum atomic E-state index is 13.1. The van der Waals surface area contributed by atoms with Crippen LogP contribution >= 0.6 is 11.6 Å². The number of likely N-dealkylation sites (tertiary alicyclic amines) is 1. The molecule has 228 valence electrons. The summed E-state index contributed by atoms with van der Waals surface area (Å²) in [5, 5.41) is 14.2. The van der Waals surface area contributed by atoms with Crippen molar-refractivity contribution >= 4 is 35.4 Å². The second-order valence-corrected chi connectivity index (χ2v) is 11.9. The number of carbonyl (C=O) groups excluding carboxylic acids is 3. The third-order valence-electron chi connectivity index (χ3n) is 6.91. The largest absolute Gasteiger partial charge is 0.444 e. The van der Waals surface area contributed by atoms with Crippen LogP contribution < -0.4 is 10.1 Å². The molecule has 3 aromatic rings. The topological polar surface area (TPSA) is 108 Å². The summed E-state index contributed by atoms with van der Waals surface area (Å²) >= 11 is 6.08. The standard InChI is InChI=1S/C33H38ClN3O6/c1-33(2,3)43-31(40)36(22-29(38)24-9-7-10-25(34)21-24)20-18-23-14-16-26(17-15-23)35-30(39)28-13-8-19-37(28)32(41)42-27-11-5-4-6-12-27/h4-7,9-12,14-17,21,28-29,38H,8,13,18-20,22H2,1-3H3,(H,35,39)/t28-,29?/m0/s1. The number of amides is 3. The van der Waals surface area contributed by atoms with E-state index in [1.54, 1.807) is 81.4 Å². The Balaban J connectivity index is 1.35. The van der Waals surface area contributed by atoms with Gasteiger partial charge in [0.2, 0.25) is 5.91 Å². The van der Waals surface area contributed by atoms with E-state index in [0.29, 0.717) is 54.4 Å². The molecule has 1 unspecified atom stereocenters. The number of aliphatic hydroxyl groups is 1. The second kappa shape index (κ2) is 14.4. The van der Waals surface area contributed by atoms with Gasteiger partial charge in [-0.2, -0.15) is 0 Å². The van der Waals surface area contributed by atoms with E-state index in [0.717, 1.165) is 5.56 Å². The molecule has 0 spiro atoms. The number of halogens is 1. The summed E-state index contributed by atoms with van der Waals surface area (Å²) in [5.41, 5.74) is 1.44. The molecule has 1 fully saturated rings. The third kappa shape index (κ3) is 9.46. The van der Waals surface area contributed by atoms with E-state index in [2.05, 4.69) is 5.32 Å². The van der Waals surface area contributed by atoms with Gasteiger partial charge in [0.25, 0.3) is 0 Å². The summed E-state index contributed by atoms with van der Waals surface area (Å²) < 4.78 is 11.0. The van der Waals surface area contributed by atoms with Crippen molar-refractivity contribution in [3.63, 3.8) is 0 Å². The van der Waals surface area contributed by atoms with Crippen LogP contribution in [0.5, 0.6) is 5.75 Å². The summed E-state index contributed by atoms with van der Waals surface area (Å²) in [7, 11) is 0. The maximum Gasteiger partial charge on any atom is 0.415 e. The predicted octanol–water partition coefficient (Wildman–Crippen LogP) is 6.46. The molecule has 3 aromatic carbocycles. The predicted molar refractivity (Wildman–Crippen MR) is 165 cm³/mol. The Kier molecular flexibility index (Phi) is 10.7. The number of ether oxygens (including phenoxy) is 2. The van der Waals surface area contributed by atoms with Crippen LogP contribution in [0.15, 0.2) is 78.9 Å². The molecular weight excluding hydrogens is 570 g/mol. The van der Waals surface area contributed by atoms with E-state index in [9.17, 15) is 19.5 Å². The van der Waals surface area contributed by atoms with Crippen molar-refractivity contribution in [2.75, 3.05) is 25.0 Å². The molecule has 0 aliphatic carbocycles. The normalized spacial score (nSPS) is 15.5. The van der Waals surface area contributed by atoms with Crippen LogP contribution in [-0.2, 0) is 16.0 Å². The van der Waals surface area contributed by atoms with Crippen molar-refractivity contribution in [2.45, 2.75) is 57.8 Å². The number of hydrogen-bond acceptors (Lipinski definition) is 6. The van der Waals surface area contributed by atoms with Gasteiger partial charge in [-0.05, 0) is 87.6 Å². The molecule has 10 heteroatoms. The number of rotatable bonds is 9. The fraction of sp³-hybridized carbons (Fsp3) is 0.364. The lowest BCUT2D eigenvalue weighted by Gasteiger charge is -2.29. The van der Waals surface area contributed by atoms with E-state index < -0.39 is 29.9 Å². The number of carbonyl (C=O) groups is 3. The molecule has 1 aliphatic rings. The van der Waals surface area contributed by atoms with Crippen LogP contribution in [0, 0.1) is 0 Å². The van der Waals surface area contributed by atoms with E-state index in [-0.39, 0.29) is 12.5 Å². The maximum absolute atomic E-state index is 13.1. The van der Waals surface area contributed by atoms with E-state index in [4.69, 9.17) is 21.1 Å². The number of anilines is 1. The first-order valence-corrected chi connectivity index (χ1v) is 14.7. The van der Waals surface area contributed by atoms with Gasteiger partial charge in [0.1, 0.15) is 17.4 Å². The van der Waals surface area contributed by atoms with Crippen LogP contribution in [0.4, 0.5) is 15.3 Å². The minimum Gasteiger partial charge on any atom is -0.444 e. The molecule has 43 heavy (non-hydrogen) atoms. The van der Waals surface area contributed by atoms with Gasteiger partial charge >= 0.3 is 12.2 Å². The second-order valence-electron chi connectivity index (χ2n) is 11.5. The summed E-state index contributed by atoms with van der Waals surface area (Å²) in [4.78, 5) is 41.7. The fourth-order valence-electron chi connectivity index (χ4n) is 4.76. The highest BCUT2D eigenvalue weighted by molar-refractivity contribution is 6.30. The number of hydrogen-bond donors (Lipinski definition) is 2. The molecule has 1 heterocycles. The molecule has 1 saturated heterocycles. The lowest BCUT2D eigenvalue weighted by molar-refractivity contribution is -0.119. The molecular formula is C33H38ClN3O6. The van der Waals surface area contributed by atoms with Crippen molar-refractivity contribution < 1.29 is 29.0 Å². The first-order chi connectivity index (χ1) is 20.5. The highest BCUT2D eigenvalue weighted by Crippen LogP contribution is 2.23. The van der Waals surface area contributed by atoms with Gasteiger partial charge in [0.15, 0.2) is 0 Å². The van der Waals surface area contributed by atoms with Crippen molar-refractivity contribution in [3.8, 4) is 5.75 Å². The minimum absolute atomic E-state index is 0.0357. The SMILES string of the molecule is CC(C)(C)OC(=O)N(CCc1ccc(NC(=O)[C@@H]2CCCN2C(=O)Oc2ccccc2)cc1)CC(O)c1cccc(Cl)c1. The molecule has 9 nitrogen and oxygen atoms in total. The van der Waals surface area contributed by atoms with Gasteiger partial charge in [-0.15, -0.1) is 0 Å². The van der Waals surface area contributed by atoms with Gasteiger partial charge in [0, 0.05) is 23.8 Å². The van der Waals surface area contributed by atoms with Crippen LogP contribution in [0.2, 0.25) is 5.02 Å². The minimum atomic E-state index is -0.941.